The van der Waals surface area contributed by atoms with E-state index in [1.54, 1.807) is 31.5 Å². The van der Waals surface area contributed by atoms with E-state index < -0.39 is 6.10 Å². The quantitative estimate of drug-likeness (QED) is 0.419. The van der Waals surface area contributed by atoms with E-state index in [4.69, 9.17) is 9.47 Å². The Balaban J connectivity index is 1.37. The number of methoxy groups -OCH3 is 1. The Labute approximate surface area is 173 Å². The second-order valence-electron chi connectivity index (χ2n) is 7.09. The number of aliphatic hydroxyl groups is 1. The lowest BCUT2D eigenvalue weighted by Crippen LogP contribution is -2.21. The average molecular weight is 405 g/mol. The molecule has 0 saturated carbocycles. The first kappa shape index (κ1) is 19.7. The zero-order chi connectivity index (χ0) is 20.9. The van der Waals surface area contributed by atoms with Gasteiger partial charge in [0.1, 0.15) is 18.1 Å². The van der Waals surface area contributed by atoms with Gasteiger partial charge in [-0.05, 0) is 42.0 Å². The van der Waals surface area contributed by atoms with E-state index in [0.29, 0.717) is 18.6 Å². The van der Waals surface area contributed by atoms with E-state index in [1.165, 1.54) is 6.07 Å². The molecule has 7 nitrogen and oxygen atoms in total. The molecular weight excluding hydrogens is 382 g/mol. The Morgan fingerprint density at radius 1 is 1.10 bits per heavy atom. The van der Waals surface area contributed by atoms with Crippen molar-refractivity contribution < 1.29 is 14.6 Å². The van der Waals surface area contributed by atoms with Crippen molar-refractivity contribution in [3.63, 3.8) is 0 Å². The average Bonchev–Trinajstić information content (AvgIpc) is 3.18. The number of benzene rings is 1. The smallest absolute Gasteiger partial charge is 0.248 e. The second-order valence-corrected chi connectivity index (χ2v) is 7.09. The summed E-state index contributed by atoms with van der Waals surface area (Å²) in [5.41, 5.74) is 3.53. The molecule has 0 aliphatic rings. The van der Waals surface area contributed by atoms with Crippen LogP contribution in [0.1, 0.15) is 17.0 Å². The first-order valence-corrected chi connectivity index (χ1v) is 9.69. The van der Waals surface area contributed by atoms with Crippen LogP contribution in [0.15, 0.2) is 65.7 Å². The van der Waals surface area contributed by atoms with Crippen molar-refractivity contribution in [2.75, 3.05) is 13.7 Å². The van der Waals surface area contributed by atoms with Gasteiger partial charge in [-0.15, -0.1) is 0 Å². The molecule has 0 radical (unpaired) electrons. The van der Waals surface area contributed by atoms with Crippen molar-refractivity contribution in [2.24, 2.45) is 0 Å². The molecule has 0 aliphatic heterocycles. The summed E-state index contributed by atoms with van der Waals surface area (Å²) in [6, 6.07) is 14.3. The van der Waals surface area contributed by atoms with Crippen LogP contribution >= 0.6 is 0 Å². The molecule has 4 aromatic rings. The molecule has 0 bridgehead atoms. The molecule has 0 spiro atoms. The maximum absolute atomic E-state index is 11.4. The summed E-state index contributed by atoms with van der Waals surface area (Å²) >= 11 is 0. The summed E-state index contributed by atoms with van der Waals surface area (Å²) in [4.78, 5) is 21.7. The highest BCUT2D eigenvalue weighted by atomic mass is 16.5. The lowest BCUT2D eigenvalue weighted by molar-refractivity contribution is 0.107. The number of pyridine rings is 2. The summed E-state index contributed by atoms with van der Waals surface area (Å²) < 4.78 is 11.0. The first-order chi connectivity index (χ1) is 14.6. The van der Waals surface area contributed by atoms with Gasteiger partial charge in [0.05, 0.1) is 13.2 Å². The normalized spacial score (nSPS) is 12.1. The second kappa shape index (κ2) is 8.84. The van der Waals surface area contributed by atoms with E-state index in [9.17, 15) is 9.90 Å². The summed E-state index contributed by atoms with van der Waals surface area (Å²) in [5, 5.41) is 11.4. The third-order valence-corrected chi connectivity index (χ3v) is 4.90. The SMILES string of the molecule is COc1ccnc(Cc2cc[nH]c2CC(O)COc2ccc3[nH]c(=O)ccc3c2)c1. The molecule has 1 aromatic carbocycles. The zero-order valence-corrected chi connectivity index (χ0v) is 16.6. The third-order valence-electron chi connectivity index (χ3n) is 4.90. The van der Waals surface area contributed by atoms with Gasteiger partial charge in [0, 0.05) is 59.7 Å². The van der Waals surface area contributed by atoms with Gasteiger partial charge in [-0.2, -0.15) is 0 Å². The molecule has 0 fully saturated rings. The van der Waals surface area contributed by atoms with Gasteiger partial charge in [-0.1, -0.05) is 0 Å². The fourth-order valence-electron chi connectivity index (χ4n) is 3.38. The van der Waals surface area contributed by atoms with Crippen molar-refractivity contribution >= 4 is 10.9 Å². The number of aromatic amines is 2. The molecule has 1 unspecified atom stereocenters. The molecule has 154 valence electrons. The molecule has 3 aromatic heterocycles. The van der Waals surface area contributed by atoms with Crippen LogP contribution in [0.3, 0.4) is 0 Å². The van der Waals surface area contributed by atoms with Crippen LogP contribution in [-0.2, 0) is 12.8 Å². The molecule has 0 aliphatic carbocycles. The largest absolute Gasteiger partial charge is 0.497 e. The molecule has 0 amide bonds. The van der Waals surface area contributed by atoms with Crippen molar-refractivity contribution in [1.29, 1.82) is 0 Å². The van der Waals surface area contributed by atoms with Gasteiger partial charge in [-0.3, -0.25) is 9.78 Å². The van der Waals surface area contributed by atoms with Gasteiger partial charge in [0.2, 0.25) is 5.56 Å². The van der Waals surface area contributed by atoms with Crippen molar-refractivity contribution in [1.82, 2.24) is 15.0 Å². The highest BCUT2D eigenvalue weighted by Crippen LogP contribution is 2.20. The van der Waals surface area contributed by atoms with Crippen molar-refractivity contribution in [3.05, 3.63) is 88.2 Å². The maximum Gasteiger partial charge on any atom is 0.248 e. The fourth-order valence-corrected chi connectivity index (χ4v) is 3.38. The number of H-pyrrole nitrogens is 2. The first-order valence-electron chi connectivity index (χ1n) is 9.69. The van der Waals surface area contributed by atoms with E-state index in [-0.39, 0.29) is 12.2 Å². The summed E-state index contributed by atoms with van der Waals surface area (Å²) in [6.45, 7) is 0.157. The van der Waals surface area contributed by atoms with Crippen molar-refractivity contribution in [3.8, 4) is 11.5 Å². The van der Waals surface area contributed by atoms with Crippen LogP contribution in [0.2, 0.25) is 0 Å². The Morgan fingerprint density at radius 2 is 2.00 bits per heavy atom. The number of rotatable bonds is 8. The molecule has 3 heterocycles. The minimum absolute atomic E-state index is 0.141. The van der Waals surface area contributed by atoms with E-state index in [1.807, 2.05) is 30.5 Å². The van der Waals surface area contributed by atoms with Crippen LogP contribution < -0.4 is 15.0 Å². The Morgan fingerprint density at radius 3 is 2.87 bits per heavy atom. The summed E-state index contributed by atoms with van der Waals surface area (Å²) in [6.07, 6.45) is 4.00. The predicted octanol–water partition coefficient (Wildman–Crippen LogP) is 2.83. The van der Waals surface area contributed by atoms with Gasteiger partial charge < -0.3 is 24.5 Å². The van der Waals surface area contributed by atoms with Gasteiger partial charge in [-0.25, -0.2) is 0 Å². The van der Waals surface area contributed by atoms with E-state index in [0.717, 1.165) is 33.6 Å². The van der Waals surface area contributed by atoms with E-state index >= 15 is 0 Å². The van der Waals surface area contributed by atoms with Crippen molar-refractivity contribution in [2.45, 2.75) is 18.9 Å². The minimum Gasteiger partial charge on any atom is -0.497 e. The van der Waals surface area contributed by atoms with E-state index in [2.05, 4.69) is 15.0 Å². The van der Waals surface area contributed by atoms with Crippen LogP contribution in [0, 0.1) is 0 Å². The van der Waals surface area contributed by atoms with Crippen LogP contribution in [-0.4, -0.2) is 39.9 Å². The number of nitrogens with one attached hydrogen (secondary N) is 2. The Hall–Kier alpha value is -3.58. The lowest BCUT2D eigenvalue weighted by Gasteiger charge is -2.13. The number of aromatic nitrogens is 3. The molecule has 0 saturated heterocycles. The van der Waals surface area contributed by atoms with Gasteiger partial charge >= 0.3 is 0 Å². The molecule has 7 heteroatoms. The van der Waals surface area contributed by atoms with Gasteiger partial charge in [0.15, 0.2) is 0 Å². The Kier molecular flexibility index (Phi) is 5.81. The summed E-state index contributed by atoms with van der Waals surface area (Å²) in [7, 11) is 1.63. The van der Waals surface area contributed by atoms with Gasteiger partial charge in [0.25, 0.3) is 0 Å². The molecule has 1 atom stereocenters. The monoisotopic (exact) mass is 405 g/mol. The number of hydrogen-bond donors (Lipinski definition) is 3. The molecule has 30 heavy (non-hydrogen) atoms. The lowest BCUT2D eigenvalue weighted by atomic mass is 10.1. The topological polar surface area (TPSA) is 100 Å². The third kappa shape index (κ3) is 4.69. The fraction of sp³-hybridized carbons (Fsp3) is 0.217. The highest BCUT2D eigenvalue weighted by Gasteiger charge is 2.13. The zero-order valence-electron chi connectivity index (χ0n) is 16.6. The number of ether oxygens (including phenoxy) is 2. The number of aliphatic hydroxyl groups excluding tert-OH is 1. The Bertz CT molecular complexity index is 1200. The molecule has 4 rings (SSSR count). The number of hydrogen-bond acceptors (Lipinski definition) is 5. The number of fused-ring (bicyclic) bond motifs is 1. The maximum atomic E-state index is 11.4. The minimum atomic E-state index is -0.674. The standard InChI is InChI=1S/C23H23N3O4/c1-29-19-7-9-24-17(12-19)10-16-6-8-25-22(16)13-18(27)14-30-20-3-4-21-15(11-20)2-5-23(28)26-21/h2-9,11-12,18,25,27H,10,13-14H2,1H3,(H,26,28). The highest BCUT2D eigenvalue weighted by molar-refractivity contribution is 5.79. The predicted molar refractivity (Wildman–Crippen MR) is 114 cm³/mol. The molecule has 3 N–H and O–H groups in total. The van der Waals surface area contributed by atoms with Crippen LogP contribution in [0.4, 0.5) is 0 Å². The van der Waals surface area contributed by atoms with Crippen LogP contribution in [0.25, 0.3) is 10.9 Å². The molecular formula is C23H23N3O4. The number of nitrogens with zero attached hydrogens (tertiary/aromatic N) is 1. The van der Waals surface area contributed by atoms with Crippen LogP contribution in [0.5, 0.6) is 11.5 Å². The summed E-state index contributed by atoms with van der Waals surface area (Å²) in [5.74, 6) is 1.41.